The molecular weight excluding hydrogens is 466 g/mol. The summed E-state index contributed by atoms with van der Waals surface area (Å²) in [6, 6.07) is 11.7. The molecule has 0 aliphatic carbocycles. The molecule has 4 heterocycles. The van der Waals surface area contributed by atoms with Gasteiger partial charge in [0.05, 0.1) is 15.3 Å². The SMILES string of the molecule is Cc1cccc(-c2sc(C)nc2C(=O)N2CCSC2CNC(=O)c2cc3cnccc3cn2)c1. The van der Waals surface area contributed by atoms with Crippen LogP contribution in [0.15, 0.2) is 55.0 Å². The number of rotatable bonds is 5. The molecule has 3 aromatic heterocycles. The van der Waals surface area contributed by atoms with E-state index < -0.39 is 0 Å². The lowest BCUT2D eigenvalue weighted by Crippen LogP contribution is -2.42. The van der Waals surface area contributed by atoms with E-state index in [0.717, 1.165) is 37.5 Å². The first-order valence-corrected chi connectivity index (χ1v) is 12.8. The summed E-state index contributed by atoms with van der Waals surface area (Å²) in [4.78, 5) is 41.9. The molecule has 1 atom stereocenters. The summed E-state index contributed by atoms with van der Waals surface area (Å²) in [5.74, 6) is 0.449. The van der Waals surface area contributed by atoms with Crippen molar-refractivity contribution in [3.63, 3.8) is 0 Å². The van der Waals surface area contributed by atoms with Gasteiger partial charge in [-0.3, -0.25) is 19.6 Å². The molecule has 0 saturated carbocycles. The van der Waals surface area contributed by atoms with Gasteiger partial charge in [0.1, 0.15) is 11.4 Å². The molecule has 7 nitrogen and oxygen atoms in total. The number of amides is 2. The molecule has 4 aromatic rings. The summed E-state index contributed by atoms with van der Waals surface area (Å²) in [7, 11) is 0. The van der Waals surface area contributed by atoms with Gasteiger partial charge in [0, 0.05) is 48.2 Å². The van der Waals surface area contributed by atoms with Crippen molar-refractivity contribution in [2.45, 2.75) is 19.2 Å². The Morgan fingerprint density at radius 3 is 2.88 bits per heavy atom. The third-order valence-corrected chi connectivity index (χ3v) is 7.90. The summed E-state index contributed by atoms with van der Waals surface area (Å²) in [6.45, 7) is 4.91. The Kier molecular flexibility index (Phi) is 6.30. The highest BCUT2D eigenvalue weighted by atomic mass is 32.2. The molecule has 0 bridgehead atoms. The predicted molar refractivity (Wildman–Crippen MR) is 136 cm³/mol. The Balaban J connectivity index is 1.31. The van der Waals surface area contributed by atoms with Crippen LogP contribution >= 0.6 is 23.1 Å². The van der Waals surface area contributed by atoms with Crippen LogP contribution in [0, 0.1) is 13.8 Å². The molecule has 1 aromatic carbocycles. The Morgan fingerprint density at radius 2 is 2.03 bits per heavy atom. The lowest BCUT2D eigenvalue weighted by Gasteiger charge is -2.23. The number of carbonyl (C=O) groups is 2. The predicted octanol–water partition coefficient (Wildman–Crippen LogP) is 4.32. The first-order valence-electron chi connectivity index (χ1n) is 10.9. The number of pyridine rings is 2. The maximum absolute atomic E-state index is 13.5. The van der Waals surface area contributed by atoms with Crippen molar-refractivity contribution in [1.29, 1.82) is 0 Å². The molecule has 172 valence electrons. The van der Waals surface area contributed by atoms with E-state index in [2.05, 4.69) is 26.3 Å². The van der Waals surface area contributed by atoms with E-state index >= 15 is 0 Å². The zero-order chi connectivity index (χ0) is 23.7. The standard InChI is InChI=1S/C25H23N5O2S2/c1-15-4-3-5-17(10-15)23-22(29-16(2)34-23)25(32)30-8-9-33-21(30)14-28-24(31)20-11-19-12-26-7-6-18(19)13-27-20/h3-7,10-13,21H,8-9,14H2,1-2H3,(H,28,31). The van der Waals surface area contributed by atoms with E-state index in [9.17, 15) is 9.59 Å². The number of thiazole rings is 1. The number of hydrogen-bond donors (Lipinski definition) is 1. The van der Waals surface area contributed by atoms with Gasteiger partial charge in [0.25, 0.3) is 11.8 Å². The van der Waals surface area contributed by atoms with E-state index in [-0.39, 0.29) is 17.2 Å². The molecule has 2 amide bonds. The fraction of sp³-hybridized carbons (Fsp3) is 0.240. The van der Waals surface area contributed by atoms with Crippen LogP contribution < -0.4 is 5.32 Å². The molecule has 1 saturated heterocycles. The molecule has 9 heteroatoms. The van der Waals surface area contributed by atoms with Gasteiger partial charge in [-0.1, -0.05) is 29.8 Å². The Hall–Kier alpha value is -3.30. The minimum absolute atomic E-state index is 0.0972. The molecule has 1 fully saturated rings. The summed E-state index contributed by atoms with van der Waals surface area (Å²) in [6.07, 6.45) is 5.08. The van der Waals surface area contributed by atoms with Crippen molar-refractivity contribution in [2.24, 2.45) is 0 Å². The smallest absolute Gasteiger partial charge is 0.274 e. The van der Waals surface area contributed by atoms with Crippen LogP contribution in [0.3, 0.4) is 0 Å². The molecule has 1 aliphatic rings. The average molecular weight is 490 g/mol. The number of aryl methyl sites for hydroxylation is 2. The van der Waals surface area contributed by atoms with Crippen LogP contribution in [-0.4, -0.2) is 55.9 Å². The molecular formula is C25H23N5O2S2. The fourth-order valence-electron chi connectivity index (χ4n) is 3.99. The lowest BCUT2D eigenvalue weighted by atomic mass is 10.1. The van der Waals surface area contributed by atoms with Gasteiger partial charge in [-0.15, -0.1) is 23.1 Å². The van der Waals surface area contributed by atoms with Gasteiger partial charge in [-0.2, -0.15) is 0 Å². The number of nitrogens with one attached hydrogen (secondary N) is 1. The molecule has 5 rings (SSSR count). The van der Waals surface area contributed by atoms with Crippen LogP contribution in [0.2, 0.25) is 0 Å². The van der Waals surface area contributed by atoms with Gasteiger partial charge < -0.3 is 10.2 Å². The van der Waals surface area contributed by atoms with Gasteiger partial charge in [0.2, 0.25) is 0 Å². The van der Waals surface area contributed by atoms with Crippen LogP contribution in [0.4, 0.5) is 0 Å². The second-order valence-electron chi connectivity index (χ2n) is 8.11. The number of benzene rings is 1. The molecule has 1 aliphatic heterocycles. The van der Waals surface area contributed by atoms with Crippen molar-refractivity contribution in [3.05, 3.63) is 76.9 Å². The highest BCUT2D eigenvalue weighted by Crippen LogP contribution is 2.33. The minimum Gasteiger partial charge on any atom is -0.348 e. The summed E-state index contributed by atoms with van der Waals surface area (Å²) >= 11 is 3.19. The average Bonchev–Trinajstić information content (AvgIpc) is 3.48. The van der Waals surface area contributed by atoms with Gasteiger partial charge in [-0.05, 0) is 31.5 Å². The number of thioether (sulfide) groups is 1. The van der Waals surface area contributed by atoms with Crippen LogP contribution in [0.25, 0.3) is 21.2 Å². The Bertz CT molecular complexity index is 1390. The Morgan fingerprint density at radius 1 is 1.15 bits per heavy atom. The summed E-state index contributed by atoms with van der Waals surface area (Å²) < 4.78 is 0. The maximum Gasteiger partial charge on any atom is 0.274 e. The van der Waals surface area contributed by atoms with Crippen molar-refractivity contribution in [3.8, 4) is 10.4 Å². The van der Waals surface area contributed by atoms with E-state index in [1.165, 1.54) is 11.3 Å². The highest BCUT2D eigenvalue weighted by Gasteiger charge is 2.33. The van der Waals surface area contributed by atoms with E-state index in [0.29, 0.717) is 24.5 Å². The zero-order valence-corrected chi connectivity index (χ0v) is 20.4. The summed E-state index contributed by atoms with van der Waals surface area (Å²) in [5.41, 5.74) is 2.95. The normalized spacial score (nSPS) is 15.6. The summed E-state index contributed by atoms with van der Waals surface area (Å²) in [5, 5.41) is 5.43. The third kappa shape index (κ3) is 4.53. The van der Waals surface area contributed by atoms with Gasteiger partial charge in [-0.25, -0.2) is 4.98 Å². The molecule has 1 N–H and O–H groups in total. The quantitative estimate of drug-likeness (QED) is 0.449. The first kappa shape index (κ1) is 22.5. The van der Waals surface area contributed by atoms with Crippen LogP contribution in [0.1, 0.15) is 31.5 Å². The van der Waals surface area contributed by atoms with Crippen molar-refractivity contribution in [2.75, 3.05) is 18.8 Å². The molecule has 0 radical (unpaired) electrons. The third-order valence-electron chi connectivity index (χ3n) is 5.66. The first-order chi connectivity index (χ1) is 16.5. The van der Waals surface area contributed by atoms with Crippen LogP contribution in [-0.2, 0) is 0 Å². The fourth-order valence-corrected chi connectivity index (χ4v) is 6.05. The maximum atomic E-state index is 13.5. The topological polar surface area (TPSA) is 88.1 Å². The second-order valence-corrected chi connectivity index (χ2v) is 10.6. The number of aromatic nitrogens is 3. The minimum atomic E-state index is -0.268. The number of fused-ring (bicyclic) bond motifs is 1. The molecule has 0 spiro atoms. The number of carbonyl (C=O) groups excluding carboxylic acids is 2. The monoisotopic (exact) mass is 489 g/mol. The highest BCUT2D eigenvalue weighted by molar-refractivity contribution is 8.00. The lowest BCUT2D eigenvalue weighted by molar-refractivity contribution is 0.0746. The Labute approximate surface area is 205 Å². The number of nitrogens with zero attached hydrogens (tertiary/aromatic N) is 4. The van der Waals surface area contributed by atoms with Crippen molar-refractivity contribution >= 4 is 45.7 Å². The van der Waals surface area contributed by atoms with Gasteiger partial charge >= 0.3 is 0 Å². The zero-order valence-electron chi connectivity index (χ0n) is 18.8. The van der Waals surface area contributed by atoms with Crippen molar-refractivity contribution < 1.29 is 9.59 Å². The largest absolute Gasteiger partial charge is 0.348 e. The van der Waals surface area contributed by atoms with Crippen LogP contribution in [0.5, 0.6) is 0 Å². The van der Waals surface area contributed by atoms with E-state index in [1.807, 2.05) is 43.0 Å². The van der Waals surface area contributed by atoms with Gasteiger partial charge in [0.15, 0.2) is 0 Å². The molecule has 34 heavy (non-hydrogen) atoms. The van der Waals surface area contributed by atoms with E-state index in [1.54, 1.807) is 36.4 Å². The number of hydrogen-bond acceptors (Lipinski definition) is 7. The van der Waals surface area contributed by atoms with Crippen molar-refractivity contribution in [1.82, 2.24) is 25.2 Å². The molecule has 1 unspecified atom stereocenters. The van der Waals surface area contributed by atoms with E-state index in [4.69, 9.17) is 0 Å². The second kappa shape index (κ2) is 9.52.